The standard InChI is InChI=1S/C17H24N4O3/c1-12-19-15(21-20-12)11-13-5-7-14(8-6-13)23-10-9-18-16(22)24-17(2,3)4/h5-8H,9-11H2,1-4H3,(H,18,22)(H,19,20,21). The molecule has 0 bridgehead atoms. The van der Waals surface area contributed by atoms with Crippen molar-refractivity contribution in [2.45, 2.75) is 39.7 Å². The molecule has 0 spiro atoms. The van der Waals surface area contributed by atoms with Crippen LogP contribution in [0, 0.1) is 6.92 Å². The first-order valence-corrected chi connectivity index (χ1v) is 7.88. The fourth-order valence-corrected chi connectivity index (χ4v) is 1.99. The van der Waals surface area contributed by atoms with Crippen LogP contribution in [-0.4, -0.2) is 40.0 Å². The fraction of sp³-hybridized carbons (Fsp3) is 0.471. The number of ether oxygens (including phenoxy) is 2. The normalized spacial score (nSPS) is 11.2. The summed E-state index contributed by atoms with van der Waals surface area (Å²) in [5.41, 5.74) is 0.607. The number of amides is 1. The number of benzene rings is 1. The van der Waals surface area contributed by atoms with Crippen LogP contribution in [0.5, 0.6) is 5.75 Å². The molecule has 7 heteroatoms. The summed E-state index contributed by atoms with van der Waals surface area (Å²) in [5.74, 6) is 2.32. The van der Waals surface area contributed by atoms with Gasteiger partial charge in [0.25, 0.3) is 0 Å². The molecule has 1 aromatic heterocycles. The highest BCUT2D eigenvalue weighted by Gasteiger charge is 2.15. The summed E-state index contributed by atoms with van der Waals surface area (Å²) in [6.45, 7) is 8.10. The first-order chi connectivity index (χ1) is 11.3. The number of rotatable bonds is 6. The Balaban J connectivity index is 1.71. The Labute approximate surface area is 141 Å². The van der Waals surface area contributed by atoms with Gasteiger partial charge in [0.15, 0.2) is 5.82 Å². The van der Waals surface area contributed by atoms with Gasteiger partial charge in [0, 0.05) is 6.42 Å². The Kier molecular flexibility index (Phi) is 5.78. The van der Waals surface area contributed by atoms with Crippen molar-refractivity contribution >= 4 is 6.09 Å². The fourth-order valence-electron chi connectivity index (χ4n) is 1.99. The second-order valence-electron chi connectivity index (χ2n) is 6.43. The van der Waals surface area contributed by atoms with Gasteiger partial charge < -0.3 is 14.8 Å². The van der Waals surface area contributed by atoms with Gasteiger partial charge in [0.05, 0.1) is 6.54 Å². The molecule has 0 unspecified atom stereocenters. The molecule has 1 amide bonds. The Morgan fingerprint density at radius 1 is 1.25 bits per heavy atom. The van der Waals surface area contributed by atoms with E-state index in [0.717, 1.165) is 23.0 Å². The van der Waals surface area contributed by atoms with Gasteiger partial charge in [-0.2, -0.15) is 5.10 Å². The molecule has 0 aliphatic rings. The lowest BCUT2D eigenvalue weighted by atomic mass is 10.1. The largest absolute Gasteiger partial charge is 0.492 e. The molecule has 0 saturated carbocycles. The van der Waals surface area contributed by atoms with E-state index in [2.05, 4.69) is 20.5 Å². The van der Waals surface area contributed by atoms with E-state index in [9.17, 15) is 4.79 Å². The molecule has 2 aromatic rings. The lowest BCUT2D eigenvalue weighted by Crippen LogP contribution is -2.34. The van der Waals surface area contributed by atoms with E-state index in [1.165, 1.54) is 0 Å². The molecular weight excluding hydrogens is 308 g/mol. The van der Waals surface area contributed by atoms with Crippen LogP contribution in [0.1, 0.15) is 38.0 Å². The lowest BCUT2D eigenvalue weighted by molar-refractivity contribution is 0.0520. The van der Waals surface area contributed by atoms with Crippen LogP contribution in [-0.2, 0) is 11.2 Å². The number of aryl methyl sites for hydroxylation is 1. The first-order valence-electron chi connectivity index (χ1n) is 7.88. The van der Waals surface area contributed by atoms with E-state index in [0.29, 0.717) is 19.6 Å². The van der Waals surface area contributed by atoms with Crippen LogP contribution in [0.3, 0.4) is 0 Å². The van der Waals surface area contributed by atoms with Crippen LogP contribution < -0.4 is 10.1 Å². The number of carbonyl (C=O) groups is 1. The number of H-pyrrole nitrogens is 1. The molecule has 1 aromatic carbocycles. The van der Waals surface area contributed by atoms with Crippen LogP contribution in [0.15, 0.2) is 24.3 Å². The smallest absolute Gasteiger partial charge is 0.407 e. The van der Waals surface area contributed by atoms with E-state index in [1.807, 2.05) is 52.0 Å². The molecular formula is C17H24N4O3. The van der Waals surface area contributed by atoms with Crippen molar-refractivity contribution in [3.63, 3.8) is 0 Å². The third-order valence-corrected chi connectivity index (χ3v) is 2.97. The molecule has 0 aliphatic heterocycles. The van der Waals surface area contributed by atoms with Crippen molar-refractivity contribution in [2.24, 2.45) is 0 Å². The molecule has 0 atom stereocenters. The van der Waals surface area contributed by atoms with Crippen molar-refractivity contribution in [3.05, 3.63) is 41.5 Å². The molecule has 2 rings (SSSR count). The first kappa shape index (κ1) is 17.8. The zero-order chi connectivity index (χ0) is 17.6. The summed E-state index contributed by atoms with van der Waals surface area (Å²) >= 11 is 0. The number of nitrogens with one attached hydrogen (secondary N) is 2. The Morgan fingerprint density at radius 3 is 2.54 bits per heavy atom. The molecule has 130 valence electrons. The Morgan fingerprint density at radius 2 is 1.96 bits per heavy atom. The van der Waals surface area contributed by atoms with Crippen molar-refractivity contribution in [1.82, 2.24) is 20.5 Å². The van der Waals surface area contributed by atoms with Gasteiger partial charge in [0.1, 0.15) is 23.8 Å². The average Bonchev–Trinajstić information content (AvgIpc) is 2.89. The minimum Gasteiger partial charge on any atom is -0.492 e. The zero-order valence-electron chi connectivity index (χ0n) is 14.5. The van der Waals surface area contributed by atoms with E-state index in [1.54, 1.807) is 0 Å². The average molecular weight is 332 g/mol. The summed E-state index contributed by atoms with van der Waals surface area (Å²) in [7, 11) is 0. The number of hydrogen-bond acceptors (Lipinski definition) is 5. The minimum atomic E-state index is -0.498. The van der Waals surface area contributed by atoms with Crippen LogP contribution in [0.2, 0.25) is 0 Å². The Bertz CT molecular complexity index is 659. The summed E-state index contributed by atoms with van der Waals surface area (Å²) < 4.78 is 10.7. The van der Waals surface area contributed by atoms with E-state index >= 15 is 0 Å². The van der Waals surface area contributed by atoms with Crippen LogP contribution in [0.25, 0.3) is 0 Å². The van der Waals surface area contributed by atoms with Crippen molar-refractivity contribution < 1.29 is 14.3 Å². The maximum Gasteiger partial charge on any atom is 0.407 e. The number of aromatic nitrogens is 3. The summed E-state index contributed by atoms with van der Waals surface area (Å²) in [6, 6.07) is 7.73. The highest BCUT2D eigenvalue weighted by Crippen LogP contribution is 2.14. The number of nitrogens with zero attached hydrogens (tertiary/aromatic N) is 2. The highest BCUT2D eigenvalue weighted by molar-refractivity contribution is 5.67. The van der Waals surface area contributed by atoms with Gasteiger partial charge in [-0.05, 0) is 45.4 Å². The molecule has 0 aliphatic carbocycles. The third kappa shape index (κ3) is 6.28. The highest BCUT2D eigenvalue weighted by atomic mass is 16.6. The van der Waals surface area contributed by atoms with Crippen LogP contribution in [0.4, 0.5) is 4.79 Å². The van der Waals surface area contributed by atoms with Crippen LogP contribution >= 0.6 is 0 Å². The maximum atomic E-state index is 11.5. The number of hydrogen-bond donors (Lipinski definition) is 2. The van der Waals surface area contributed by atoms with Gasteiger partial charge in [-0.1, -0.05) is 12.1 Å². The van der Waals surface area contributed by atoms with Crippen molar-refractivity contribution in [3.8, 4) is 5.75 Å². The number of carbonyl (C=O) groups excluding carboxylic acids is 1. The van der Waals surface area contributed by atoms with Crippen molar-refractivity contribution in [1.29, 1.82) is 0 Å². The molecule has 2 N–H and O–H groups in total. The van der Waals surface area contributed by atoms with Gasteiger partial charge in [0.2, 0.25) is 0 Å². The molecule has 0 radical (unpaired) electrons. The number of aromatic amines is 1. The monoisotopic (exact) mass is 332 g/mol. The zero-order valence-corrected chi connectivity index (χ0v) is 14.5. The summed E-state index contributed by atoms with van der Waals surface area (Å²) in [4.78, 5) is 15.8. The predicted molar refractivity (Wildman–Crippen MR) is 90.1 cm³/mol. The van der Waals surface area contributed by atoms with Crippen molar-refractivity contribution in [2.75, 3.05) is 13.2 Å². The minimum absolute atomic E-state index is 0.374. The molecule has 7 nitrogen and oxygen atoms in total. The third-order valence-electron chi connectivity index (χ3n) is 2.97. The lowest BCUT2D eigenvalue weighted by Gasteiger charge is -2.19. The number of alkyl carbamates (subject to hydrolysis) is 1. The predicted octanol–water partition coefficient (Wildman–Crippen LogP) is 2.61. The Hall–Kier alpha value is -2.57. The van der Waals surface area contributed by atoms with E-state index in [-0.39, 0.29) is 0 Å². The maximum absolute atomic E-state index is 11.5. The van der Waals surface area contributed by atoms with E-state index < -0.39 is 11.7 Å². The molecule has 0 saturated heterocycles. The molecule has 1 heterocycles. The summed E-state index contributed by atoms with van der Waals surface area (Å²) in [6.07, 6.45) is 0.230. The van der Waals surface area contributed by atoms with Gasteiger partial charge >= 0.3 is 6.09 Å². The van der Waals surface area contributed by atoms with E-state index in [4.69, 9.17) is 9.47 Å². The summed E-state index contributed by atoms with van der Waals surface area (Å²) in [5, 5.41) is 9.59. The topological polar surface area (TPSA) is 89.1 Å². The second kappa shape index (κ2) is 7.81. The van der Waals surface area contributed by atoms with Gasteiger partial charge in [-0.3, -0.25) is 5.10 Å². The second-order valence-corrected chi connectivity index (χ2v) is 6.43. The molecule has 24 heavy (non-hydrogen) atoms. The van der Waals surface area contributed by atoms with Gasteiger partial charge in [-0.25, -0.2) is 9.78 Å². The molecule has 0 fully saturated rings. The van der Waals surface area contributed by atoms with Gasteiger partial charge in [-0.15, -0.1) is 0 Å². The quantitative estimate of drug-likeness (QED) is 0.794. The SMILES string of the molecule is Cc1nc(Cc2ccc(OCCNC(=O)OC(C)(C)C)cc2)n[nH]1.